The number of fused-ring (bicyclic) bond motifs is 2. The van der Waals surface area contributed by atoms with E-state index in [0.717, 1.165) is 0 Å². The molecule has 33 heavy (non-hydrogen) atoms. The number of benzene rings is 3. The van der Waals surface area contributed by atoms with Crippen molar-refractivity contribution in [2.24, 2.45) is 0 Å². The van der Waals surface area contributed by atoms with Gasteiger partial charge in [-0.15, -0.1) is 0 Å². The van der Waals surface area contributed by atoms with Crippen LogP contribution in [0.4, 0.5) is 0 Å². The first-order chi connectivity index (χ1) is 16.2. The highest BCUT2D eigenvalue weighted by molar-refractivity contribution is 5.74. The van der Waals surface area contributed by atoms with Gasteiger partial charge in [-0.1, -0.05) is 54.6 Å². The smallest absolute Gasteiger partial charge is 0.337 e. The summed E-state index contributed by atoms with van der Waals surface area (Å²) in [5.74, 6) is 1.22. The second-order valence-corrected chi connectivity index (χ2v) is 7.45. The Morgan fingerprint density at radius 3 is 1.67 bits per heavy atom. The van der Waals surface area contributed by atoms with Crippen molar-refractivity contribution in [3.8, 4) is 23.0 Å². The van der Waals surface area contributed by atoms with Crippen molar-refractivity contribution in [2.45, 2.75) is 18.6 Å². The summed E-state index contributed by atoms with van der Waals surface area (Å²) in [7, 11) is 0. The van der Waals surface area contributed by atoms with Gasteiger partial charge in [0.2, 0.25) is 0 Å². The van der Waals surface area contributed by atoms with Crippen LogP contribution >= 0.6 is 0 Å². The van der Waals surface area contributed by atoms with Gasteiger partial charge in [-0.3, -0.25) is 0 Å². The SMILES string of the molecule is O=C(O)C(OC1COc2ccccc2OCCCOc2ccccc2OC1)c1ccccc1. The predicted octanol–water partition coefficient (Wildman–Crippen LogP) is 4.52. The number of aliphatic carboxylic acids is 1. The molecule has 1 atom stereocenters. The zero-order chi connectivity index (χ0) is 22.9. The van der Waals surface area contributed by atoms with E-state index in [1.807, 2.05) is 42.5 Å². The minimum Gasteiger partial charge on any atom is -0.490 e. The van der Waals surface area contributed by atoms with Crippen LogP contribution in [0.2, 0.25) is 0 Å². The zero-order valence-electron chi connectivity index (χ0n) is 18.1. The molecule has 1 heterocycles. The van der Waals surface area contributed by atoms with Gasteiger partial charge in [0.25, 0.3) is 0 Å². The third kappa shape index (κ3) is 6.17. The standard InChI is InChI=1S/C26H26O7/c27-26(28)25(19-9-2-1-3-10-19)33-20-17-31-23-13-6-4-11-21(23)29-15-8-16-30-22-12-5-7-14-24(22)32-18-20/h1-7,9-14,20,25H,8,15-18H2,(H,27,28). The molecule has 0 amide bonds. The maximum Gasteiger partial charge on any atom is 0.337 e. The average Bonchev–Trinajstić information content (AvgIpc) is 2.84. The van der Waals surface area contributed by atoms with Crippen LogP contribution < -0.4 is 18.9 Å². The monoisotopic (exact) mass is 450 g/mol. The van der Waals surface area contributed by atoms with E-state index in [-0.39, 0.29) is 13.2 Å². The van der Waals surface area contributed by atoms with Gasteiger partial charge < -0.3 is 28.8 Å². The fraction of sp³-hybridized carbons (Fsp3) is 0.269. The third-order valence-corrected chi connectivity index (χ3v) is 5.01. The van der Waals surface area contributed by atoms with E-state index in [1.165, 1.54) is 0 Å². The van der Waals surface area contributed by atoms with Gasteiger partial charge in [0.1, 0.15) is 19.3 Å². The molecule has 3 aromatic rings. The van der Waals surface area contributed by atoms with Crippen LogP contribution in [0.15, 0.2) is 78.9 Å². The molecule has 3 aromatic carbocycles. The first-order valence-corrected chi connectivity index (χ1v) is 10.8. The lowest BCUT2D eigenvalue weighted by molar-refractivity contribution is -0.157. The molecule has 1 N–H and O–H groups in total. The Labute approximate surface area is 192 Å². The van der Waals surface area contributed by atoms with Crippen molar-refractivity contribution >= 4 is 5.97 Å². The third-order valence-electron chi connectivity index (χ3n) is 5.01. The van der Waals surface area contributed by atoms with E-state index in [4.69, 9.17) is 23.7 Å². The summed E-state index contributed by atoms with van der Waals surface area (Å²) in [5, 5.41) is 9.80. The van der Waals surface area contributed by atoms with Crippen LogP contribution in [0.5, 0.6) is 23.0 Å². The first-order valence-electron chi connectivity index (χ1n) is 10.8. The van der Waals surface area contributed by atoms with Crippen molar-refractivity contribution in [1.82, 2.24) is 0 Å². The Morgan fingerprint density at radius 2 is 1.18 bits per heavy atom. The minimum atomic E-state index is -1.17. The van der Waals surface area contributed by atoms with Gasteiger partial charge in [-0.05, 0) is 29.8 Å². The van der Waals surface area contributed by atoms with Crippen molar-refractivity contribution in [1.29, 1.82) is 0 Å². The first kappa shape index (κ1) is 22.5. The summed E-state index contributed by atoms with van der Waals surface area (Å²) >= 11 is 0. The highest BCUT2D eigenvalue weighted by Crippen LogP contribution is 2.30. The number of ether oxygens (including phenoxy) is 5. The Balaban J connectivity index is 1.58. The van der Waals surface area contributed by atoms with Crippen LogP contribution in [0.25, 0.3) is 0 Å². The quantitative estimate of drug-likeness (QED) is 0.626. The molecule has 7 heteroatoms. The number of carboxylic acids is 1. The van der Waals surface area contributed by atoms with E-state index < -0.39 is 18.2 Å². The van der Waals surface area contributed by atoms with Crippen LogP contribution in [0.1, 0.15) is 18.1 Å². The normalized spacial score (nSPS) is 15.8. The van der Waals surface area contributed by atoms with Crippen LogP contribution in [0, 0.1) is 0 Å². The molecule has 4 rings (SSSR count). The maximum absolute atomic E-state index is 12.0. The summed E-state index contributed by atoms with van der Waals surface area (Å²) in [6, 6.07) is 23.5. The number of rotatable bonds is 4. The molecule has 0 saturated carbocycles. The molecular formula is C26H26O7. The molecular weight excluding hydrogens is 424 g/mol. The van der Waals surface area contributed by atoms with E-state index in [0.29, 0.717) is 48.2 Å². The predicted molar refractivity (Wildman–Crippen MR) is 121 cm³/mol. The summed E-state index contributed by atoms with van der Waals surface area (Å²) in [4.78, 5) is 12.0. The highest BCUT2D eigenvalue weighted by Gasteiger charge is 2.26. The molecule has 0 saturated heterocycles. The van der Waals surface area contributed by atoms with Gasteiger partial charge in [0.15, 0.2) is 29.1 Å². The molecule has 1 aliphatic rings. The number of hydrogen-bond acceptors (Lipinski definition) is 6. The average molecular weight is 450 g/mol. The van der Waals surface area contributed by atoms with Crippen molar-refractivity contribution in [3.63, 3.8) is 0 Å². The molecule has 0 aliphatic carbocycles. The molecule has 0 bridgehead atoms. The molecule has 172 valence electrons. The molecule has 0 spiro atoms. The van der Waals surface area contributed by atoms with Crippen molar-refractivity contribution in [2.75, 3.05) is 26.4 Å². The Hall–Kier alpha value is -3.71. The fourth-order valence-corrected chi connectivity index (χ4v) is 3.39. The van der Waals surface area contributed by atoms with Crippen LogP contribution in [-0.2, 0) is 9.53 Å². The van der Waals surface area contributed by atoms with Gasteiger partial charge in [-0.2, -0.15) is 0 Å². The lowest BCUT2D eigenvalue weighted by Gasteiger charge is -2.24. The second-order valence-electron chi connectivity index (χ2n) is 7.45. The molecule has 0 aromatic heterocycles. The van der Waals surface area contributed by atoms with Crippen molar-refractivity contribution < 1.29 is 33.6 Å². The number of carboxylic acid groups (broad SMARTS) is 1. The Morgan fingerprint density at radius 1 is 0.727 bits per heavy atom. The number of carbonyl (C=O) groups is 1. The topological polar surface area (TPSA) is 83.5 Å². The summed E-state index contributed by atoms with van der Waals surface area (Å²) in [5.41, 5.74) is 0.539. The summed E-state index contributed by atoms with van der Waals surface area (Å²) < 4.78 is 29.7. The summed E-state index contributed by atoms with van der Waals surface area (Å²) in [6.07, 6.45) is -1.16. The number of hydrogen-bond donors (Lipinski definition) is 1. The van der Waals surface area contributed by atoms with E-state index >= 15 is 0 Å². The summed E-state index contributed by atoms with van der Waals surface area (Å²) in [6.45, 7) is 1.05. The molecule has 0 fully saturated rings. The van der Waals surface area contributed by atoms with Gasteiger partial charge in [0.05, 0.1) is 13.2 Å². The van der Waals surface area contributed by atoms with Gasteiger partial charge in [0, 0.05) is 6.42 Å². The number of para-hydroxylation sites is 4. The molecule has 1 aliphatic heterocycles. The minimum absolute atomic E-state index is 0.0695. The Bertz CT molecular complexity index is 984. The van der Waals surface area contributed by atoms with Crippen molar-refractivity contribution in [3.05, 3.63) is 84.4 Å². The van der Waals surface area contributed by atoms with E-state index in [1.54, 1.807) is 36.4 Å². The second kappa shape index (κ2) is 11.2. The maximum atomic E-state index is 12.0. The highest BCUT2D eigenvalue weighted by atomic mass is 16.6. The lowest BCUT2D eigenvalue weighted by atomic mass is 10.1. The fourth-order valence-electron chi connectivity index (χ4n) is 3.39. The lowest BCUT2D eigenvalue weighted by Crippen LogP contribution is -2.32. The van der Waals surface area contributed by atoms with E-state index in [9.17, 15) is 9.90 Å². The van der Waals surface area contributed by atoms with Gasteiger partial charge in [-0.25, -0.2) is 4.79 Å². The zero-order valence-corrected chi connectivity index (χ0v) is 18.1. The molecule has 0 radical (unpaired) electrons. The molecule has 1 unspecified atom stereocenters. The van der Waals surface area contributed by atoms with Crippen LogP contribution in [-0.4, -0.2) is 43.6 Å². The Kier molecular flexibility index (Phi) is 7.66. The van der Waals surface area contributed by atoms with E-state index in [2.05, 4.69) is 0 Å². The molecule has 7 nitrogen and oxygen atoms in total. The van der Waals surface area contributed by atoms with Gasteiger partial charge >= 0.3 is 5.97 Å². The largest absolute Gasteiger partial charge is 0.490 e. The van der Waals surface area contributed by atoms with Crippen LogP contribution in [0.3, 0.4) is 0 Å².